The van der Waals surface area contributed by atoms with Crippen LogP contribution in [0.3, 0.4) is 0 Å². The Kier molecular flexibility index (Phi) is 7.02. The van der Waals surface area contributed by atoms with E-state index in [4.69, 9.17) is 0 Å². The third-order valence-corrected chi connectivity index (χ3v) is 4.44. The van der Waals surface area contributed by atoms with Gasteiger partial charge in [-0.1, -0.05) is 32.1 Å². The summed E-state index contributed by atoms with van der Waals surface area (Å²) in [5.74, 6) is 1.21. The number of nitrogens with one attached hydrogen (secondary N) is 1. The lowest BCUT2D eigenvalue weighted by atomic mass is 9.86. The Morgan fingerprint density at radius 3 is 2.56 bits per heavy atom. The number of likely N-dealkylation sites (tertiary alicyclic amines) is 1. The average Bonchev–Trinajstić information content (AvgIpc) is 2.86. The second-order valence-corrected chi connectivity index (χ2v) is 5.66. The fourth-order valence-electron chi connectivity index (χ4n) is 3.18. The maximum absolute atomic E-state index is 12.0. The third kappa shape index (κ3) is 4.43. The average molecular weight is 275 g/mol. The van der Waals surface area contributed by atoms with Crippen molar-refractivity contribution in [1.29, 1.82) is 0 Å². The monoisotopic (exact) mass is 274 g/mol. The van der Waals surface area contributed by atoms with Gasteiger partial charge in [-0.2, -0.15) is 0 Å². The number of carbonyl (C=O) groups is 1. The summed E-state index contributed by atoms with van der Waals surface area (Å²) in [6, 6.07) is 0.522. The van der Waals surface area contributed by atoms with Crippen LogP contribution in [0.25, 0.3) is 0 Å². The maximum Gasteiger partial charge on any atom is 0.222 e. The van der Waals surface area contributed by atoms with Gasteiger partial charge in [0.1, 0.15) is 0 Å². The second-order valence-electron chi connectivity index (χ2n) is 5.66. The standard InChI is InChI=1S/C14H26N2O.ClH/c1-15-13-9-10-16(11-13)14(17)8-7-12-5-3-2-4-6-12;/h12-13,15H,2-11H2,1H3;1H. The summed E-state index contributed by atoms with van der Waals surface area (Å²) in [6.07, 6.45) is 9.89. The third-order valence-electron chi connectivity index (χ3n) is 4.44. The lowest BCUT2D eigenvalue weighted by molar-refractivity contribution is -0.130. The van der Waals surface area contributed by atoms with Gasteiger partial charge < -0.3 is 10.2 Å². The molecule has 0 aromatic heterocycles. The fraction of sp³-hybridized carbons (Fsp3) is 0.929. The van der Waals surface area contributed by atoms with Crippen molar-refractivity contribution in [1.82, 2.24) is 10.2 Å². The van der Waals surface area contributed by atoms with Gasteiger partial charge in [-0.3, -0.25) is 4.79 Å². The number of rotatable bonds is 4. The highest BCUT2D eigenvalue weighted by molar-refractivity contribution is 5.85. The summed E-state index contributed by atoms with van der Waals surface area (Å²) >= 11 is 0. The molecule has 1 heterocycles. The molecule has 1 saturated carbocycles. The van der Waals surface area contributed by atoms with Gasteiger partial charge >= 0.3 is 0 Å². The zero-order chi connectivity index (χ0) is 12.1. The van der Waals surface area contributed by atoms with Crippen molar-refractivity contribution >= 4 is 18.3 Å². The van der Waals surface area contributed by atoms with Gasteiger partial charge in [0.25, 0.3) is 0 Å². The van der Waals surface area contributed by atoms with E-state index in [0.717, 1.165) is 38.3 Å². The van der Waals surface area contributed by atoms with E-state index < -0.39 is 0 Å². The van der Waals surface area contributed by atoms with Gasteiger partial charge in [0.15, 0.2) is 0 Å². The van der Waals surface area contributed by atoms with E-state index in [9.17, 15) is 4.79 Å². The molecule has 18 heavy (non-hydrogen) atoms. The quantitative estimate of drug-likeness (QED) is 0.855. The lowest BCUT2D eigenvalue weighted by Crippen LogP contribution is -2.33. The molecule has 2 rings (SSSR count). The van der Waals surface area contributed by atoms with Gasteiger partial charge in [-0.15, -0.1) is 12.4 Å². The SMILES string of the molecule is CNC1CCN(C(=O)CCC2CCCCC2)C1.Cl. The predicted octanol–water partition coefficient (Wildman–Crippen LogP) is 2.59. The number of halogens is 1. The van der Waals surface area contributed by atoms with E-state index in [-0.39, 0.29) is 12.4 Å². The van der Waals surface area contributed by atoms with Crippen LogP contribution < -0.4 is 5.32 Å². The van der Waals surface area contributed by atoms with Crippen LogP contribution in [-0.2, 0) is 4.79 Å². The largest absolute Gasteiger partial charge is 0.341 e. The van der Waals surface area contributed by atoms with Crippen LogP contribution in [-0.4, -0.2) is 37.0 Å². The molecule has 1 amide bonds. The van der Waals surface area contributed by atoms with E-state index >= 15 is 0 Å². The molecular formula is C14H27ClN2O. The number of nitrogens with zero attached hydrogens (tertiary/aromatic N) is 1. The molecule has 1 aliphatic heterocycles. The molecule has 1 aliphatic carbocycles. The summed E-state index contributed by atoms with van der Waals surface area (Å²) in [5, 5.41) is 3.26. The highest BCUT2D eigenvalue weighted by Crippen LogP contribution is 2.27. The molecule has 0 bridgehead atoms. The van der Waals surface area contributed by atoms with Gasteiger partial charge in [0, 0.05) is 25.6 Å². The summed E-state index contributed by atoms with van der Waals surface area (Å²) in [4.78, 5) is 14.1. The summed E-state index contributed by atoms with van der Waals surface area (Å²) in [6.45, 7) is 1.87. The molecule has 0 aromatic carbocycles. The molecule has 2 fully saturated rings. The van der Waals surface area contributed by atoms with Gasteiger partial charge in [0.05, 0.1) is 0 Å². The van der Waals surface area contributed by atoms with Crippen molar-refractivity contribution in [3.63, 3.8) is 0 Å². The first-order valence-electron chi connectivity index (χ1n) is 7.24. The predicted molar refractivity (Wildman–Crippen MR) is 77.1 cm³/mol. The Morgan fingerprint density at radius 1 is 1.22 bits per heavy atom. The topological polar surface area (TPSA) is 32.3 Å². The number of amides is 1. The van der Waals surface area contributed by atoms with Crippen LogP contribution in [0.1, 0.15) is 51.4 Å². The minimum atomic E-state index is 0. The van der Waals surface area contributed by atoms with Crippen LogP contribution in [0.4, 0.5) is 0 Å². The molecular weight excluding hydrogens is 248 g/mol. The van der Waals surface area contributed by atoms with Crippen LogP contribution in [0.15, 0.2) is 0 Å². The zero-order valence-electron chi connectivity index (χ0n) is 11.5. The highest BCUT2D eigenvalue weighted by atomic mass is 35.5. The number of carbonyl (C=O) groups excluding carboxylic acids is 1. The number of hydrogen-bond acceptors (Lipinski definition) is 2. The first-order chi connectivity index (χ1) is 8.29. The van der Waals surface area contributed by atoms with Crippen molar-refractivity contribution in [3.05, 3.63) is 0 Å². The second kappa shape index (κ2) is 8.00. The molecule has 0 spiro atoms. The van der Waals surface area contributed by atoms with Crippen LogP contribution in [0.2, 0.25) is 0 Å². The summed E-state index contributed by atoms with van der Waals surface area (Å²) in [5.41, 5.74) is 0. The molecule has 0 aromatic rings. The molecule has 4 heteroatoms. The van der Waals surface area contributed by atoms with Crippen molar-refractivity contribution in [3.8, 4) is 0 Å². The lowest BCUT2D eigenvalue weighted by Gasteiger charge is -2.22. The van der Waals surface area contributed by atoms with Crippen molar-refractivity contribution < 1.29 is 4.79 Å². The van der Waals surface area contributed by atoms with E-state index in [0.29, 0.717) is 11.9 Å². The molecule has 3 nitrogen and oxygen atoms in total. The minimum Gasteiger partial charge on any atom is -0.341 e. The van der Waals surface area contributed by atoms with Crippen molar-refractivity contribution in [2.24, 2.45) is 5.92 Å². The zero-order valence-corrected chi connectivity index (χ0v) is 12.3. The first kappa shape index (κ1) is 15.8. The number of hydrogen-bond donors (Lipinski definition) is 1. The molecule has 1 saturated heterocycles. The Bertz CT molecular complexity index is 254. The Hall–Kier alpha value is -0.280. The highest BCUT2D eigenvalue weighted by Gasteiger charge is 2.25. The smallest absolute Gasteiger partial charge is 0.222 e. The Labute approximate surface area is 117 Å². The van der Waals surface area contributed by atoms with Gasteiger partial charge in [0.2, 0.25) is 5.91 Å². The van der Waals surface area contributed by atoms with Crippen molar-refractivity contribution in [2.45, 2.75) is 57.4 Å². The number of likely N-dealkylation sites (N-methyl/N-ethyl adjacent to an activating group) is 1. The molecule has 106 valence electrons. The van der Waals surface area contributed by atoms with E-state index in [1.807, 2.05) is 11.9 Å². The fourth-order valence-corrected chi connectivity index (χ4v) is 3.18. The van der Waals surface area contributed by atoms with E-state index in [1.54, 1.807) is 0 Å². The van der Waals surface area contributed by atoms with E-state index in [1.165, 1.54) is 32.1 Å². The van der Waals surface area contributed by atoms with Crippen LogP contribution in [0.5, 0.6) is 0 Å². The summed E-state index contributed by atoms with van der Waals surface area (Å²) in [7, 11) is 1.99. The molecule has 1 N–H and O–H groups in total. The van der Waals surface area contributed by atoms with Crippen LogP contribution in [0, 0.1) is 5.92 Å². The maximum atomic E-state index is 12.0. The molecule has 1 atom stereocenters. The summed E-state index contributed by atoms with van der Waals surface area (Å²) < 4.78 is 0. The van der Waals surface area contributed by atoms with Crippen molar-refractivity contribution in [2.75, 3.05) is 20.1 Å². The minimum absolute atomic E-state index is 0. The molecule has 0 radical (unpaired) electrons. The van der Waals surface area contributed by atoms with Gasteiger partial charge in [-0.25, -0.2) is 0 Å². The Morgan fingerprint density at radius 2 is 1.94 bits per heavy atom. The van der Waals surface area contributed by atoms with Crippen LogP contribution >= 0.6 is 12.4 Å². The Balaban J connectivity index is 0.00000162. The molecule has 2 aliphatic rings. The first-order valence-corrected chi connectivity index (χ1v) is 7.24. The molecule has 1 unspecified atom stereocenters. The van der Waals surface area contributed by atoms with Gasteiger partial charge in [-0.05, 0) is 25.8 Å². The van der Waals surface area contributed by atoms with E-state index in [2.05, 4.69) is 5.32 Å². The normalized spacial score (nSPS) is 24.9.